The van der Waals surface area contributed by atoms with E-state index in [1.54, 1.807) is 12.3 Å². The normalized spacial score (nSPS) is 13.8. The Morgan fingerprint density at radius 2 is 2.10 bits per heavy atom. The topological polar surface area (TPSA) is 76.0 Å². The van der Waals surface area contributed by atoms with Gasteiger partial charge in [-0.15, -0.1) is 0 Å². The van der Waals surface area contributed by atoms with Gasteiger partial charge in [0.2, 0.25) is 0 Å². The highest BCUT2D eigenvalue weighted by atomic mass is 32.2. The van der Waals surface area contributed by atoms with Crippen LogP contribution in [0.5, 0.6) is 0 Å². The van der Waals surface area contributed by atoms with Gasteiger partial charge in [0.15, 0.2) is 5.16 Å². The number of rotatable bonds is 3. The van der Waals surface area contributed by atoms with E-state index in [9.17, 15) is 9.90 Å². The summed E-state index contributed by atoms with van der Waals surface area (Å²) in [4.78, 5) is 24.5. The van der Waals surface area contributed by atoms with Crippen molar-refractivity contribution in [2.45, 2.75) is 42.8 Å². The Hall–Kier alpha value is -1.95. The van der Waals surface area contributed by atoms with E-state index >= 15 is 0 Å². The molecule has 0 saturated heterocycles. The molecule has 1 aliphatic rings. The van der Waals surface area contributed by atoms with E-state index in [4.69, 9.17) is 0 Å². The monoisotopic (exact) mass is 301 g/mol. The van der Waals surface area contributed by atoms with Gasteiger partial charge in [0, 0.05) is 17.6 Å². The maximum atomic E-state index is 11.5. The molecule has 21 heavy (non-hydrogen) atoms. The molecule has 0 atom stereocenters. The van der Waals surface area contributed by atoms with Crippen LogP contribution in [-0.2, 0) is 12.8 Å². The molecule has 2 aromatic rings. The Balaban J connectivity index is 2.01. The minimum absolute atomic E-state index is 0.241. The maximum absolute atomic E-state index is 11.5. The molecule has 108 valence electrons. The predicted molar refractivity (Wildman–Crippen MR) is 78.7 cm³/mol. The molecule has 0 spiro atoms. The van der Waals surface area contributed by atoms with E-state index in [1.165, 1.54) is 11.8 Å². The number of aromatic nitrogens is 3. The number of pyridine rings is 1. The number of carbonyl (C=O) groups is 1. The molecule has 0 fully saturated rings. The first kappa shape index (κ1) is 14.0. The Morgan fingerprint density at radius 3 is 2.86 bits per heavy atom. The molecule has 0 aromatic carbocycles. The molecule has 2 heterocycles. The second-order valence-corrected chi connectivity index (χ2v) is 6.00. The number of fused-ring (bicyclic) bond motifs is 1. The van der Waals surface area contributed by atoms with Crippen molar-refractivity contribution in [1.82, 2.24) is 15.0 Å². The largest absolute Gasteiger partial charge is 0.478 e. The number of hydrogen-bond acceptors (Lipinski definition) is 5. The summed E-state index contributed by atoms with van der Waals surface area (Å²) in [6, 6.07) is 3.57. The minimum atomic E-state index is -0.953. The van der Waals surface area contributed by atoms with Crippen LogP contribution in [0.25, 0.3) is 0 Å². The van der Waals surface area contributed by atoms with Gasteiger partial charge in [0.25, 0.3) is 0 Å². The van der Waals surface area contributed by atoms with Crippen LogP contribution in [0.2, 0.25) is 0 Å². The first-order valence-corrected chi connectivity index (χ1v) is 7.69. The van der Waals surface area contributed by atoms with Gasteiger partial charge in [0.1, 0.15) is 5.03 Å². The van der Waals surface area contributed by atoms with E-state index in [2.05, 4.69) is 15.0 Å². The molecule has 0 bridgehead atoms. The van der Waals surface area contributed by atoms with E-state index in [1.807, 2.05) is 13.0 Å². The fourth-order valence-electron chi connectivity index (χ4n) is 2.41. The fourth-order valence-corrected chi connectivity index (χ4v) is 3.30. The summed E-state index contributed by atoms with van der Waals surface area (Å²) in [5, 5.41) is 10.4. The summed E-state index contributed by atoms with van der Waals surface area (Å²) in [6.07, 6.45) is 5.70. The van der Waals surface area contributed by atoms with E-state index in [0.717, 1.165) is 42.6 Å². The van der Waals surface area contributed by atoms with E-state index in [0.29, 0.717) is 10.2 Å². The molecule has 2 aromatic heterocycles. The zero-order valence-corrected chi connectivity index (χ0v) is 12.5. The summed E-state index contributed by atoms with van der Waals surface area (Å²) in [7, 11) is 0. The average molecular weight is 301 g/mol. The van der Waals surface area contributed by atoms with Crippen molar-refractivity contribution < 1.29 is 9.90 Å². The summed E-state index contributed by atoms with van der Waals surface area (Å²) >= 11 is 1.22. The molecule has 0 aliphatic heterocycles. The first-order valence-electron chi connectivity index (χ1n) is 6.87. The van der Waals surface area contributed by atoms with Crippen molar-refractivity contribution in [3.05, 3.63) is 40.8 Å². The zero-order valence-electron chi connectivity index (χ0n) is 11.7. The van der Waals surface area contributed by atoms with Gasteiger partial charge in [-0.2, -0.15) is 0 Å². The zero-order chi connectivity index (χ0) is 14.8. The van der Waals surface area contributed by atoms with Crippen LogP contribution < -0.4 is 0 Å². The molecule has 6 heteroatoms. The van der Waals surface area contributed by atoms with Crippen molar-refractivity contribution in [3.8, 4) is 0 Å². The minimum Gasteiger partial charge on any atom is -0.478 e. The number of hydrogen-bond donors (Lipinski definition) is 1. The Bertz CT molecular complexity index is 703. The third kappa shape index (κ3) is 3.05. The summed E-state index contributed by atoms with van der Waals surface area (Å²) < 4.78 is 0. The molecular weight excluding hydrogens is 286 g/mol. The second kappa shape index (κ2) is 5.81. The van der Waals surface area contributed by atoms with Crippen molar-refractivity contribution >= 4 is 17.7 Å². The Labute approximate surface area is 126 Å². The highest BCUT2D eigenvalue weighted by Gasteiger charge is 2.20. The number of carboxylic acids is 1. The highest BCUT2D eigenvalue weighted by molar-refractivity contribution is 7.99. The van der Waals surface area contributed by atoms with Gasteiger partial charge in [0.05, 0.1) is 5.56 Å². The van der Waals surface area contributed by atoms with Crippen molar-refractivity contribution in [2.75, 3.05) is 0 Å². The lowest BCUT2D eigenvalue weighted by Crippen LogP contribution is -2.11. The molecular formula is C15H15N3O2S. The molecule has 0 amide bonds. The smallest absolute Gasteiger partial charge is 0.338 e. The standard InChI is InChI=1S/C15H15N3O2S/c1-9-6-7-16-15(17-9)21-13-11(14(19)20)8-10-4-2-3-5-12(10)18-13/h6-8H,2-5H2,1H3,(H,19,20). The fraction of sp³-hybridized carbons (Fsp3) is 0.333. The van der Waals surface area contributed by atoms with Crippen LogP contribution in [0.15, 0.2) is 28.5 Å². The summed E-state index contributed by atoms with van der Waals surface area (Å²) in [5.41, 5.74) is 3.17. The van der Waals surface area contributed by atoms with Crippen molar-refractivity contribution in [3.63, 3.8) is 0 Å². The van der Waals surface area contributed by atoms with Crippen LogP contribution in [0.3, 0.4) is 0 Å². The van der Waals surface area contributed by atoms with Crippen LogP contribution in [0, 0.1) is 6.92 Å². The molecule has 3 rings (SSSR count). The SMILES string of the molecule is Cc1ccnc(Sc2nc3c(cc2C(=O)O)CCCC3)n1. The second-order valence-electron chi connectivity index (χ2n) is 5.04. The highest BCUT2D eigenvalue weighted by Crippen LogP contribution is 2.30. The van der Waals surface area contributed by atoms with Crippen LogP contribution in [-0.4, -0.2) is 26.0 Å². The van der Waals surface area contributed by atoms with Gasteiger partial charge in [-0.05, 0) is 62.1 Å². The molecule has 5 nitrogen and oxygen atoms in total. The lowest BCUT2D eigenvalue weighted by Gasteiger charge is -2.16. The predicted octanol–water partition coefficient (Wildman–Crippen LogP) is 2.91. The molecule has 0 unspecified atom stereocenters. The molecule has 1 aliphatic carbocycles. The number of carboxylic acid groups (broad SMARTS) is 1. The third-order valence-electron chi connectivity index (χ3n) is 3.46. The maximum Gasteiger partial charge on any atom is 0.338 e. The number of aryl methyl sites for hydroxylation is 3. The molecule has 0 saturated carbocycles. The third-order valence-corrected chi connectivity index (χ3v) is 4.34. The average Bonchev–Trinajstić information content (AvgIpc) is 2.46. The van der Waals surface area contributed by atoms with Crippen molar-refractivity contribution in [2.24, 2.45) is 0 Å². The van der Waals surface area contributed by atoms with Gasteiger partial charge in [-0.25, -0.2) is 19.7 Å². The number of aromatic carboxylic acids is 1. The van der Waals surface area contributed by atoms with Crippen LogP contribution in [0.1, 0.15) is 40.2 Å². The van der Waals surface area contributed by atoms with Crippen molar-refractivity contribution in [1.29, 1.82) is 0 Å². The first-order chi connectivity index (χ1) is 10.1. The van der Waals surface area contributed by atoms with Gasteiger partial charge in [-0.1, -0.05) is 0 Å². The Kier molecular flexibility index (Phi) is 3.88. The quantitative estimate of drug-likeness (QED) is 0.878. The lowest BCUT2D eigenvalue weighted by atomic mass is 9.95. The summed E-state index contributed by atoms with van der Waals surface area (Å²) in [5.74, 6) is -0.953. The van der Waals surface area contributed by atoms with Crippen LogP contribution >= 0.6 is 11.8 Å². The van der Waals surface area contributed by atoms with Crippen LogP contribution in [0.4, 0.5) is 0 Å². The van der Waals surface area contributed by atoms with Gasteiger partial charge in [-0.3, -0.25) is 0 Å². The Morgan fingerprint density at radius 1 is 1.29 bits per heavy atom. The summed E-state index contributed by atoms with van der Waals surface area (Å²) in [6.45, 7) is 1.88. The molecule has 1 N–H and O–H groups in total. The van der Waals surface area contributed by atoms with E-state index in [-0.39, 0.29) is 5.56 Å². The molecule has 0 radical (unpaired) electrons. The van der Waals surface area contributed by atoms with E-state index < -0.39 is 5.97 Å². The lowest BCUT2D eigenvalue weighted by molar-refractivity contribution is 0.0692. The number of nitrogens with zero attached hydrogens (tertiary/aromatic N) is 3. The van der Waals surface area contributed by atoms with Gasteiger partial charge >= 0.3 is 5.97 Å². The van der Waals surface area contributed by atoms with Gasteiger partial charge < -0.3 is 5.11 Å².